The minimum Gasteiger partial charge on any atom is -0.490 e. The Morgan fingerprint density at radius 2 is 1.86 bits per heavy atom. The van der Waals surface area contributed by atoms with Crippen LogP contribution in [0.25, 0.3) is 6.08 Å². The molecule has 0 aliphatic carbocycles. The lowest BCUT2D eigenvalue weighted by Gasteiger charge is -2.15. The Bertz CT molecular complexity index is 1310. The van der Waals surface area contributed by atoms with E-state index in [1.165, 1.54) is 12.1 Å². The zero-order valence-corrected chi connectivity index (χ0v) is 21.0. The highest BCUT2D eigenvalue weighted by atomic mass is 79.9. The summed E-state index contributed by atoms with van der Waals surface area (Å²) in [4.78, 5) is 29.2. The maximum Gasteiger partial charge on any atom is 0.279 e. The number of nitrogens with zero attached hydrogens (tertiary/aromatic N) is 1. The molecule has 1 aliphatic heterocycles. The Morgan fingerprint density at radius 1 is 1.11 bits per heavy atom. The Kier molecular flexibility index (Phi) is 7.99. The number of hydrogen-bond acceptors (Lipinski definition) is 5. The van der Waals surface area contributed by atoms with Gasteiger partial charge in [-0.15, -0.1) is 0 Å². The molecule has 1 saturated heterocycles. The lowest BCUT2D eigenvalue weighted by Crippen LogP contribution is -2.20. The standard InChI is InChI=1S/C26H20BrFN2O4S/c1-2-33-21-13-17(12-20(27)23(21)34-15-16-8-10-19(28)11-9-16)14-22-25(32)30-26(35-22)29-24(31)18-6-4-3-5-7-18/h3-14H,2,15H2,1H3,(H,29,30,31,32)/b22-14-. The summed E-state index contributed by atoms with van der Waals surface area (Å²) in [6.07, 6.45) is 1.69. The van der Waals surface area contributed by atoms with Crippen LogP contribution in [-0.4, -0.2) is 23.6 Å². The van der Waals surface area contributed by atoms with Gasteiger partial charge in [-0.05, 0) is 88.2 Å². The molecule has 0 spiro atoms. The number of amides is 2. The Labute approximate surface area is 214 Å². The molecule has 1 fully saturated rings. The van der Waals surface area contributed by atoms with Crippen molar-refractivity contribution in [1.29, 1.82) is 0 Å². The van der Waals surface area contributed by atoms with Crippen molar-refractivity contribution in [2.45, 2.75) is 13.5 Å². The van der Waals surface area contributed by atoms with E-state index in [2.05, 4.69) is 26.2 Å². The molecule has 1 N–H and O–H groups in total. The van der Waals surface area contributed by atoms with Crippen molar-refractivity contribution in [1.82, 2.24) is 5.32 Å². The van der Waals surface area contributed by atoms with Gasteiger partial charge in [0.05, 0.1) is 16.0 Å². The van der Waals surface area contributed by atoms with E-state index < -0.39 is 5.91 Å². The van der Waals surface area contributed by atoms with Gasteiger partial charge in [-0.3, -0.25) is 9.59 Å². The van der Waals surface area contributed by atoms with Crippen LogP contribution >= 0.6 is 27.7 Å². The molecule has 0 atom stereocenters. The largest absolute Gasteiger partial charge is 0.490 e. The predicted molar refractivity (Wildman–Crippen MR) is 138 cm³/mol. The maximum atomic E-state index is 13.2. The summed E-state index contributed by atoms with van der Waals surface area (Å²) >= 11 is 4.60. The smallest absolute Gasteiger partial charge is 0.279 e. The number of carbonyl (C=O) groups is 2. The van der Waals surface area contributed by atoms with Crippen molar-refractivity contribution in [2.75, 3.05) is 6.61 Å². The number of thioether (sulfide) groups is 1. The summed E-state index contributed by atoms with van der Waals surface area (Å²) in [5, 5.41) is 2.84. The van der Waals surface area contributed by atoms with Crippen LogP contribution in [0.1, 0.15) is 28.4 Å². The number of amidine groups is 1. The van der Waals surface area contributed by atoms with Crippen LogP contribution in [-0.2, 0) is 11.4 Å². The number of benzene rings is 3. The summed E-state index contributed by atoms with van der Waals surface area (Å²) in [5.74, 6) is -0.0993. The minimum absolute atomic E-state index is 0.221. The number of halogens is 2. The fourth-order valence-corrected chi connectivity index (χ4v) is 4.57. The highest BCUT2D eigenvalue weighted by Crippen LogP contribution is 2.39. The van der Waals surface area contributed by atoms with E-state index in [4.69, 9.17) is 9.47 Å². The van der Waals surface area contributed by atoms with Crippen molar-refractivity contribution >= 4 is 50.7 Å². The first-order valence-corrected chi connectivity index (χ1v) is 12.3. The van der Waals surface area contributed by atoms with E-state index in [0.29, 0.717) is 38.6 Å². The van der Waals surface area contributed by atoms with Gasteiger partial charge in [-0.25, -0.2) is 4.39 Å². The molecular weight excluding hydrogens is 535 g/mol. The molecule has 6 nitrogen and oxygen atoms in total. The fourth-order valence-electron chi connectivity index (χ4n) is 3.18. The molecular formula is C26H20BrFN2O4S. The molecule has 3 aromatic rings. The maximum absolute atomic E-state index is 13.2. The molecule has 0 saturated carbocycles. The number of carbonyl (C=O) groups excluding carboxylic acids is 2. The van der Waals surface area contributed by atoms with Gasteiger partial charge in [0, 0.05) is 5.56 Å². The summed E-state index contributed by atoms with van der Waals surface area (Å²) < 4.78 is 25.5. The van der Waals surface area contributed by atoms with Gasteiger partial charge >= 0.3 is 0 Å². The van der Waals surface area contributed by atoms with Gasteiger partial charge in [0.2, 0.25) is 0 Å². The van der Waals surface area contributed by atoms with Gasteiger partial charge in [-0.1, -0.05) is 30.3 Å². The number of nitrogens with one attached hydrogen (secondary N) is 1. The van der Waals surface area contributed by atoms with E-state index in [1.54, 1.807) is 54.6 Å². The quantitative estimate of drug-likeness (QED) is 0.364. The van der Waals surface area contributed by atoms with Crippen LogP contribution in [0.15, 0.2) is 81.1 Å². The minimum atomic E-state index is -0.432. The van der Waals surface area contributed by atoms with Crippen LogP contribution in [0.4, 0.5) is 4.39 Å². The third-order valence-corrected chi connectivity index (χ3v) is 6.30. The Hall–Kier alpha value is -3.43. The van der Waals surface area contributed by atoms with E-state index in [-0.39, 0.29) is 23.5 Å². The molecule has 0 bridgehead atoms. The number of hydrogen-bond donors (Lipinski definition) is 1. The molecule has 4 rings (SSSR count). The fraction of sp³-hybridized carbons (Fsp3) is 0.115. The molecule has 3 aromatic carbocycles. The van der Waals surface area contributed by atoms with Gasteiger partial charge in [0.1, 0.15) is 12.4 Å². The predicted octanol–water partition coefficient (Wildman–Crippen LogP) is 5.97. The second-order valence-corrected chi connectivity index (χ2v) is 9.22. The van der Waals surface area contributed by atoms with Gasteiger partial charge in [0.15, 0.2) is 16.7 Å². The topological polar surface area (TPSA) is 77.0 Å². The molecule has 35 heavy (non-hydrogen) atoms. The van der Waals surface area contributed by atoms with E-state index in [1.807, 2.05) is 13.0 Å². The van der Waals surface area contributed by atoms with Gasteiger partial charge in [-0.2, -0.15) is 4.99 Å². The van der Waals surface area contributed by atoms with Crippen molar-refractivity contribution in [3.63, 3.8) is 0 Å². The zero-order chi connectivity index (χ0) is 24.8. The van der Waals surface area contributed by atoms with Crippen molar-refractivity contribution in [3.8, 4) is 11.5 Å². The molecule has 2 amide bonds. The van der Waals surface area contributed by atoms with Crippen molar-refractivity contribution in [2.24, 2.45) is 4.99 Å². The average Bonchev–Trinajstić information content (AvgIpc) is 3.18. The molecule has 9 heteroatoms. The first-order valence-electron chi connectivity index (χ1n) is 10.7. The van der Waals surface area contributed by atoms with Crippen LogP contribution in [0, 0.1) is 5.82 Å². The van der Waals surface area contributed by atoms with Gasteiger partial charge in [0.25, 0.3) is 11.8 Å². The second-order valence-electron chi connectivity index (χ2n) is 7.33. The van der Waals surface area contributed by atoms with E-state index in [9.17, 15) is 14.0 Å². The summed E-state index contributed by atoms with van der Waals surface area (Å²) in [7, 11) is 0. The van der Waals surface area contributed by atoms with E-state index in [0.717, 1.165) is 17.3 Å². The van der Waals surface area contributed by atoms with Crippen molar-refractivity contribution in [3.05, 3.63) is 98.6 Å². The van der Waals surface area contributed by atoms with Crippen LogP contribution in [0.3, 0.4) is 0 Å². The highest BCUT2D eigenvalue weighted by molar-refractivity contribution is 9.10. The first-order chi connectivity index (χ1) is 16.9. The van der Waals surface area contributed by atoms with Crippen molar-refractivity contribution < 1.29 is 23.5 Å². The summed E-state index contributed by atoms with van der Waals surface area (Å²) in [6.45, 7) is 2.50. The molecule has 0 radical (unpaired) electrons. The lowest BCUT2D eigenvalue weighted by molar-refractivity contribution is -0.115. The first kappa shape index (κ1) is 24.7. The SMILES string of the molecule is CCOc1cc(/C=C2\SC(=NC(=O)c3ccccc3)NC2=O)cc(Br)c1OCc1ccc(F)cc1. The van der Waals surface area contributed by atoms with Gasteiger partial charge < -0.3 is 14.8 Å². The molecule has 178 valence electrons. The van der Waals surface area contributed by atoms with E-state index >= 15 is 0 Å². The molecule has 1 heterocycles. The summed E-state index contributed by atoms with van der Waals surface area (Å²) in [6, 6.07) is 18.3. The summed E-state index contributed by atoms with van der Waals surface area (Å²) in [5.41, 5.74) is 1.94. The molecule has 0 unspecified atom stereocenters. The third-order valence-electron chi connectivity index (χ3n) is 4.80. The second kappa shape index (κ2) is 11.3. The monoisotopic (exact) mass is 554 g/mol. The lowest BCUT2D eigenvalue weighted by atomic mass is 10.1. The van der Waals surface area contributed by atoms with Crippen LogP contribution in [0.2, 0.25) is 0 Å². The zero-order valence-electron chi connectivity index (χ0n) is 18.6. The Morgan fingerprint density at radius 3 is 2.57 bits per heavy atom. The highest BCUT2D eigenvalue weighted by Gasteiger charge is 2.25. The average molecular weight is 555 g/mol. The molecule has 0 aromatic heterocycles. The normalized spacial score (nSPS) is 15.3. The third kappa shape index (κ3) is 6.37. The Balaban J connectivity index is 1.53. The number of aliphatic imine (C=N–C) groups is 1. The van der Waals surface area contributed by atoms with Crippen LogP contribution < -0.4 is 14.8 Å². The number of ether oxygens (including phenoxy) is 2. The number of rotatable bonds is 7. The van der Waals surface area contributed by atoms with Crippen LogP contribution in [0.5, 0.6) is 11.5 Å². The molecule has 1 aliphatic rings.